The predicted molar refractivity (Wildman–Crippen MR) is 52.6 cm³/mol. The highest BCUT2D eigenvalue weighted by molar-refractivity contribution is 5.78. The molecule has 0 amide bonds. The van der Waals surface area contributed by atoms with Crippen LogP contribution in [0.1, 0.15) is 40.0 Å². The first-order valence-corrected chi connectivity index (χ1v) is 4.87. The van der Waals surface area contributed by atoms with Crippen molar-refractivity contribution in [3.8, 4) is 0 Å². The van der Waals surface area contributed by atoms with Crippen molar-refractivity contribution in [3.05, 3.63) is 0 Å². The van der Waals surface area contributed by atoms with Crippen LogP contribution in [0.3, 0.4) is 0 Å². The second kappa shape index (κ2) is 3.46. The minimum absolute atomic E-state index is 0.416. The van der Waals surface area contributed by atoms with Gasteiger partial charge in [0.1, 0.15) is 0 Å². The number of nitrogens with one attached hydrogen (secondary N) is 1. The number of hydrogen-bond donors (Lipinski definition) is 1. The second-order valence-corrected chi connectivity index (χ2v) is 4.49. The fourth-order valence-electron chi connectivity index (χ4n) is 1.88. The van der Waals surface area contributed by atoms with E-state index in [1.165, 1.54) is 12.8 Å². The summed E-state index contributed by atoms with van der Waals surface area (Å²) >= 11 is 0. The van der Waals surface area contributed by atoms with Crippen molar-refractivity contribution in [2.24, 2.45) is 5.41 Å². The van der Waals surface area contributed by atoms with Crippen LogP contribution >= 0.6 is 0 Å². The molecule has 0 spiro atoms. The molecule has 0 aromatic carbocycles. The minimum atomic E-state index is 0.416. The molecule has 0 saturated carbocycles. The first-order valence-electron chi connectivity index (χ1n) is 4.87. The zero-order valence-corrected chi connectivity index (χ0v) is 8.48. The molecule has 0 aromatic rings. The maximum atomic E-state index is 7.73. The molecule has 1 saturated heterocycles. The molecule has 12 heavy (non-hydrogen) atoms. The Morgan fingerprint density at radius 3 is 2.67 bits per heavy atom. The van der Waals surface area contributed by atoms with E-state index in [0.29, 0.717) is 5.41 Å². The van der Waals surface area contributed by atoms with E-state index >= 15 is 0 Å². The van der Waals surface area contributed by atoms with E-state index < -0.39 is 0 Å². The first-order chi connectivity index (χ1) is 5.55. The van der Waals surface area contributed by atoms with Gasteiger partial charge in [-0.3, -0.25) is 5.41 Å². The summed E-state index contributed by atoms with van der Waals surface area (Å²) in [5.41, 5.74) is 0.416. The van der Waals surface area contributed by atoms with Gasteiger partial charge in [-0.05, 0) is 18.3 Å². The van der Waals surface area contributed by atoms with Crippen LogP contribution in [0.5, 0.6) is 0 Å². The van der Waals surface area contributed by atoms with Gasteiger partial charge < -0.3 is 4.90 Å². The van der Waals surface area contributed by atoms with Gasteiger partial charge in [-0.25, -0.2) is 0 Å². The summed E-state index contributed by atoms with van der Waals surface area (Å²) in [5.74, 6) is 0.808. The number of hydrogen-bond acceptors (Lipinski definition) is 1. The predicted octanol–water partition coefficient (Wildman–Crippen LogP) is 2.50. The Kier molecular flexibility index (Phi) is 2.76. The largest absolute Gasteiger partial charge is 0.360 e. The third-order valence-electron chi connectivity index (χ3n) is 2.62. The number of amidine groups is 1. The molecule has 1 rings (SSSR count). The van der Waals surface area contributed by atoms with Gasteiger partial charge in [0.15, 0.2) is 0 Å². The lowest BCUT2D eigenvalue weighted by Gasteiger charge is -2.39. The molecule has 70 valence electrons. The SMILES string of the molecule is CCC(=N)N1CCCC(C)(C)C1. The van der Waals surface area contributed by atoms with Crippen molar-refractivity contribution in [3.63, 3.8) is 0 Å². The first kappa shape index (κ1) is 9.56. The van der Waals surface area contributed by atoms with Gasteiger partial charge in [0.05, 0.1) is 5.84 Å². The molecular formula is C10H20N2. The Balaban J connectivity index is 2.52. The van der Waals surface area contributed by atoms with Crippen LogP contribution in [0.15, 0.2) is 0 Å². The highest BCUT2D eigenvalue weighted by Gasteiger charge is 2.26. The smallest absolute Gasteiger partial charge is 0.0955 e. The van der Waals surface area contributed by atoms with E-state index in [9.17, 15) is 0 Å². The topological polar surface area (TPSA) is 27.1 Å². The number of nitrogens with zero attached hydrogens (tertiary/aromatic N) is 1. The molecule has 0 aliphatic carbocycles. The van der Waals surface area contributed by atoms with Crippen molar-refractivity contribution >= 4 is 5.84 Å². The van der Waals surface area contributed by atoms with Crippen LogP contribution in [-0.4, -0.2) is 23.8 Å². The third-order valence-corrected chi connectivity index (χ3v) is 2.62. The van der Waals surface area contributed by atoms with Crippen molar-refractivity contribution in [2.75, 3.05) is 13.1 Å². The molecule has 0 unspecified atom stereocenters. The summed E-state index contributed by atoms with van der Waals surface area (Å²) in [6.07, 6.45) is 3.42. The number of piperidine rings is 1. The number of likely N-dealkylation sites (tertiary alicyclic amines) is 1. The summed E-state index contributed by atoms with van der Waals surface area (Å²) < 4.78 is 0. The molecule has 1 heterocycles. The third kappa shape index (κ3) is 2.23. The molecule has 0 radical (unpaired) electrons. The Labute approximate surface area is 75.5 Å². The molecule has 1 N–H and O–H groups in total. The second-order valence-electron chi connectivity index (χ2n) is 4.49. The van der Waals surface area contributed by atoms with Crippen molar-refractivity contribution in [1.82, 2.24) is 4.90 Å². The Bertz CT molecular complexity index is 173. The zero-order valence-electron chi connectivity index (χ0n) is 8.48. The van der Waals surface area contributed by atoms with Crippen LogP contribution in [-0.2, 0) is 0 Å². The monoisotopic (exact) mass is 168 g/mol. The van der Waals surface area contributed by atoms with Gasteiger partial charge in [0, 0.05) is 19.5 Å². The molecule has 1 aliphatic heterocycles. The van der Waals surface area contributed by atoms with E-state index in [4.69, 9.17) is 5.41 Å². The lowest BCUT2D eigenvalue weighted by molar-refractivity contribution is 0.176. The fourth-order valence-corrected chi connectivity index (χ4v) is 1.88. The van der Waals surface area contributed by atoms with E-state index in [1.807, 2.05) is 0 Å². The summed E-state index contributed by atoms with van der Waals surface area (Å²) in [7, 11) is 0. The van der Waals surface area contributed by atoms with E-state index in [1.54, 1.807) is 0 Å². The zero-order chi connectivity index (χ0) is 9.19. The fraction of sp³-hybridized carbons (Fsp3) is 0.900. The van der Waals surface area contributed by atoms with Gasteiger partial charge >= 0.3 is 0 Å². The standard InChI is InChI=1S/C10H20N2/c1-4-9(11)12-7-5-6-10(2,3)8-12/h11H,4-8H2,1-3H3. The van der Waals surface area contributed by atoms with Crippen LogP contribution in [0.25, 0.3) is 0 Å². The van der Waals surface area contributed by atoms with Gasteiger partial charge in [-0.1, -0.05) is 20.8 Å². The highest BCUT2D eigenvalue weighted by atomic mass is 15.2. The lowest BCUT2D eigenvalue weighted by atomic mass is 9.84. The average molecular weight is 168 g/mol. The quantitative estimate of drug-likeness (QED) is 0.472. The minimum Gasteiger partial charge on any atom is -0.360 e. The van der Waals surface area contributed by atoms with E-state index in [0.717, 1.165) is 25.3 Å². The van der Waals surface area contributed by atoms with Gasteiger partial charge in [0.2, 0.25) is 0 Å². The highest BCUT2D eigenvalue weighted by Crippen LogP contribution is 2.28. The van der Waals surface area contributed by atoms with Crippen LogP contribution in [0.2, 0.25) is 0 Å². The van der Waals surface area contributed by atoms with Gasteiger partial charge in [-0.15, -0.1) is 0 Å². The molecule has 1 aliphatic rings. The summed E-state index contributed by atoms with van der Waals surface area (Å²) in [5, 5.41) is 7.73. The van der Waals surface area contributed by atoms with Gasteiger partial charge in [0.25, 0.3) is 0 Å². The maximum absolute atomic E-state index is 7.73. The van der Waals surface area contributed by atoms with Crippen molar-refractivity contribution < 1.29 is 0 Å². The normalized spacial score (nSPS) is 22.4. The Hall–Kier alpha value is -0.530. The molecule has 1 fully saturated rings. The summed E-state index contributed by atoms with van der Waals surface area (Å²) in [4.78, 5) is 2.23. The molecule has 2 nitrogen and oxygen atoms in total. The molecule has 2 heteroatoms. The molecule has 0 bridgehead atoms. The molecule has 0 atom stereocenters. The average Bonchev–Trinajstić information content (AvgIpc) is 2.01. The summed E-state index contributed by atoms with van der Waals surface area (Å²) in [6.45, 7) is 8.81. The Morgan fingerprint density at radius 2 is 2.17 bits per heavy atom. The molecular weight excluding hydrogens is 148 g/mol. The van der Waals surface area contributed by atoms with E-state index in [-0.39, 0.29) is 0 Å². The lowest BCUT2D eigenvalue weighted by Crippen LogP contribution is -2.43. The van der Waals surface area contributed by atoms with E-state index in [2.05, 4.69) is 25.7 Å². The maximum Gasteiger partial charge on any atom is 0.0955 e. The summed E-state index contributed by atoms with van der Waals surface area (Å²) in [6, 6.07) is 0. The van der Waals surface area contributed by atoms with Crippen molar-refractivity contribution in [1.29, 1.82) is 5.41 Å². The van der Waals surface area contributed by atoms with Crippen LogP contribution in [0.4, 0.5) is 0 Å². The van der Waals surface area contributed by atoms with Gasteiger partial charge in [-0.2, -0.15) is 0 Å². The molecule has 0 aromatic heterocycles. The van der Waals surface area contributed by atoms with Crippen LogP contribution < -0.4 is 0 Å². The van der Waals surface area contributed by atoms with Crippen molar-refractivity contribution in [2.45, 2.75) is 40.0 Å². The number of rotatable bonds is 1. The van der Waals surface area contributed by atoms with Crippen LogP contribution in [0, 0.1) is 10.8 Å². The Morgan fingerprint density at radius 1 is 1.50 bits per heavy atom.